The predicted molar refractivity (Wildman–Crippen MR) is 74.9 cm³/mol. The van der Waals surface area contributed by atoms with Crippen LogP contribution in [-0.2, 0) is 0 Å². The van der Waals surface area contributed by atoms with Crippen LogP contribution in [0.15, 0.2) is 18.2 Å². The summed E-state index contributed by atoms with van der Waals surface area (Å²) in [5.41, 5.74) is 0.648. The molecule has 3 aromatic rings. The fraction of sp³-hybridized carbons (Fsp3) is 0.250. The fourth-order valence-corrected chi connectivity index (χ4v) is 2.83. The third-order valence-electron chi connectivity index (χ3n) is 2.72. The highest BCUT2D eigenvalue weighted by molar-refractivity contribution is 7.19. The minimum absolute atomic E-state index is 0.114. The van der Waals surface area contributed by atoms with E-state index in [-0.39, 0.29) is 11.7 Å². The number of benzene rings is 1. The van der Waals surface area contributed by atoms with Gasteiger partial charge in [-0.1, -0.05) is 36.8 Å². The van der Waals surface area contributed by atoms with Gasteiger partial charge >= 0.3 is 0 Å². The Bertz CT molecular complexity index is 749. The molecule has 0 unspecified atom stereocenters. The Hall–Kier alpha value is -1.66. The molecular formula is C12H11ClN4OS. The van der Waals surface area contributed by atoms with Gasteiger partial charge in [0.15, 0.2) is 10.8 Å². The molecule has 0 atom stereocenters. The van der Waals surface area contributed by atoms with Crippen LogP contribution in [0.3, 0.4) is 0 Å². The van der Waals surface area contributed by atoms with E-state index in [0.29, 0.717) is 20.6 Å². The van der Waals surface area contributed by atoms with Gasteiger partial charge in [-0.05, 0) is 18.2 Å². The molecule has 98 valence electrons. The zero-order chi connectivity index (χ0) is 13.6. The van der Waals surface area contributed by atoms with Crippen LogP contribution in [0.25, 0.3) is 15.5 Å². The molecule has 1 N–H and O–H groups in total. The van der Waals surface area contributed by atoms with E-state index in [1.165, 1.54) is 17.4 Å². The molecule has 0 saturated heterocycles. The molecule has 0 radical (unpaired) electrons. The first kappa shape index (κ1) is 12.4. The molecule has 0 aliphatic rings. The normalized spacial score (nSPS) is 11.6. The number of phenols is 1. The average molecular weight is 295 g/mol. The van der Waals surface area contributed by atoms with Crippen molar-refractivity contribution < 1.29 is 5.11 Å². The highest BCUT2D eigenvalue weighted by atomic mass is 35.5. The summed E-state index contributed by atoms with van der Waals surface area (Å²) in [6.45, 7) is 4.07. The van der Waals surface area contributed by atoms with Crippen molar-refractivity contribution in [3.8, 4) is 16.3 Å². The quantitative estimate of drug-likeness (QED) is 0.787. The third kappa shape index (κ3) is 2.06. The Kier molecular flexibility index (Phi) is 2.91. The fourth-order valence-electron chi connectivity index (χ4n) is 1.79. The van der Waals surface area contributed by atoms with E-state index in [1.807, 2.05) is 13.8 Å². The summed E-state index contributed by atoms with van der Waals surface area (Å²) in [6, 6.07) is 4.98. The molecule has 0 aliphatic carbocycles. The van der Waals surface area contributed by atoms with Gasteiger partial charge in [-0.25, -0.2) is 0 Å². The maximum atomic E-state index is 9.92. The number of fused-ring (bicyclic) bond motifs is 1. The number of aromatic nitrogens is 4. The summed E-state index contributed by atoms with van der Waals surface area (Å²) in [6.07, 6.45) is 0. The second-order valence-corrected chi connectivity index (χ2v) is 5.87. The molecule has 0 spiro atoms. The third-order valence-corrected chi connectivity index (χ3v) is 3.89. The van der Waals surface area contributed by atoms with E-state index in [9.17, 15) is 5.11 Å². The summed E-state index contributed by atoms with van der Waals surface area (Å²) in [7, 11) is 0. The molecule has 0 saturated carbocycles. The van der Waals surface area contributed by atoms with Crippen molar-refractivity contribution in [2.45, 2.75) is 19.8 Å². The van der Waals surface area contributed by atoms with Crippen LogP contribution >= 0.6 is 22.9 Å². The molecule has 0 fully saturated rings. The van der Waals surface area contributed by atoms with Gasteiger partial charge in [0.2, 0.25) is 4.96 Å². The van der Waals surface area contributed by atoms with Crippen LogP contribution < -0.4 is 0 Å². The average Bonchev–Trinajstić information content (AvgIpc) is 2.87. The second-order valence-electron chi connectivity index (χ2n) is 4.48. The maximum absolute atomic E-state index is 9.92. The van der Waals surface area contributed by atoms with Gasteiger partial charge in [0, 0.05) is 10.9 Å². The molecular weight excluding hydrogens is 284 g/mol. The lowest BCUT2D eigenvalue weighted by Gasteiger charge is -2.01. The Balaban J connectivity index is 2.15. The van der Waals surface area contributed by atoms with Crippen molar-refractivity contribution in [3.05, 3.63) is 29.0 Å². The zero-order valence-corrected chi connectivity index (χ0v) is 11.9. The molecule has 0 bridgehead atoms. The Morgan fingerprint density at radius 1 is 1.32 bits per heavy atom. The van der Waals surface area contributed by atoms with Crippen molar-refractivity contribution in [3.63, 3.8) is 0 Å². The van der Waals surface area contributed by atoms with Crippen LogP contribution in [0.4, 0.5) is 0 Å². The highest BCUT2D eigenvalue weighted by Gasteiger charge is 2.16. The first-order valence-corrected chi connectivity index (χ1v) is 6.96. The van der Waals surface area contributed by atoms with Crippen molar-refractivity contribution in [1.82, 2.24) is 19.8 Å². The van der Waals surface area contributed by atoms with Crippen LogP contribution in [0.1, 0.15) is 25.6 Å². The summed E-state index contributed by atoms with van der Waals surface area (Å²) in [4.78, 5) is 0.716. The van der Waals surface area contributed by atoms with E-state index in [0.717, 1.165) is 5.82 Å². The van der Waals surface area contributed by atoms with Crippen molar-refractivity contribution in [2.75, 3.05) is 0 Å². The molecule has 0 aliphatic heterocycles. The van der Waals surface area contributed by atoms with Gasteiger partial charge in [-0.2, -0.15) is 9.61 Å². The lowest BCUT2D eigenvalue weighted by atomic mass is 10.2. The van der Waals surface area contributed by atoms with Crippen LogP contribution in [0.5, 0.6) is 5.75 Å². The first-order chi connectivity index (χ1) is 9.06. The van der Waals surface area contributed by atoms with E-state index < -0.39 is 0 Å². The Morgan fingerprint density at radius 3 is 2.79 bits per heavy atom. The number of nitrogens with zero attached hydrogens (tertiary/aromatic N) is 4. The van der Waals surface area contributed by atoms with Gasteiger partial charge in [-0.15, -0.1) is 10.2 Å². The Labute approximate surface area is 118 Å². The number of hydrogen-bond donors (Lipinski definition) is 1. The van der Waals surface area contributed by atoms with E-state index in [4.69, 9.17) is 11.6 Å². The summed E-state index contributed by atoms with van der Waals surface area (Å²) in [5, 5.41) is 23.8. The maximum Gasteiger partial charge on any atom is 0.234 e. The lowest BCUT2D eigenvalue weighted by Crippen LogP contribution is -1.97. The molecule has 19 heavy (non-hydrogen) atoms. The minimum Gasteiger partial charge on any atom is -0.507 e. The molecule has 5 nitrogen and oxygen atoms in total. The summed E-state index contributed by atoms with van der Waals surface area (Å²) < 4.78 is 1.72. The monoisotopic (exact) mass is 294 g/mol. The number of aromatic hydroxyl groups is 1. The van der Waals surface area contributed by atoms with E-state index in [2.05, 4.69) is 15.3 Å². The minimum atomic E-state index is 0.114. The molecule has 1 aromatic carbocycles. The number of halogens is 1. The van der Waals surface area contributed by atoms with Crippen molar-refractivity contribution in [2.24, 2.45) is 0 Å². The first-order valence-electron chi connectivity index (χ1n) is 5.77. The van der Waals surface area contributed by atoms with Gasteiger partial charge in [0.1, 0.15) is 5.75 Å². The van der Waals surface area contributed by atoms with Gasteiger partial charge in [0.05, 0.1) is 5.56 Å². The van der Waals surface area contributed by atoms with Crippen molar-refractivity contribution >= 4 is 27.9 Å². The highest BCUT2D eigenvalue weighted by Crippen LogP contribution is 2.34. The van der Waals surface area contributed by atoms with Crippen molar-refractivity contribution in [1.29, 1.82) is 0 Å². The smallest absolute Gasteiger partial charge is 0.234 e. The standard InChI is InChI=1S/C12H11ClN4OS/c1-6(2)10-14-15-12-17(10)16-11(19-12)8-4-3-7(13)5-9(8)18/h3-6,18H,1-2H3. The molecule has 2 aromatic heterocycles. The number of hydrogen-bond acceptors (Lipinski definition) is 5. The van der Waals surface area contributed by atoms with Gasteiger partial charge in [0.25, 0.3) is 0 Å². The van der Waals surface area contributed by atoms with E-state index >= 15 is 0 Å². The molecule has 3 rings (SSSR count). The summed E-state index contributed by atoms with van der Waals surface area (Å²) >= 11 is 7.21. The number of phenolic OH excluding ortho intramolecular Hbond substituents is 1. The topological polar surface area (TPSA) is 63.3 Å². The van der Waals surface area contributed by atoms with E-state index in [1.54, 1.807) is 16.6 Å². The van der Waals surface area contributed by atoms with Crippen LogP contribution in [-0.4, -0.2) is 24.9 Å². The second kappa shape index (κ2) is 4.47. The summed E-state index contributed by atoms with van der Waals surface area (Å²) in [5.74, 6) is 1.17. The predicted octanol–water partition coefficient (Wildman–Crippen LogP) is 3.34. The molecule has 7 heteroatoms. The molecule has 0 amide bonds. The van der Waals surface area contributed by atoms with Gasteiger partial charge < -0.3 is 5.11 Å². The van der Waals surface area contributed by atoms with Crippen LogP contribution in [0.2, 0.25) is 5.02 Å². The largest absolute Gasteiger partial charge is 0.507 e. The molecule has 2 heterocycles. The number of rotatable bonds is 2. The Morgan fingerprint density at radius 2 is 2.11 bits per heavy atom. The van der Waals surface area contributed by atoms with Crippen LogP contribution in [0, 0.1) is 0 Å². The SMILES string of the molecule is CC(C)c1nnc2sc(-c3ccc(Cl)cc3O)nn12. The lowest BCUT2D eigenvalue weighted by molar-refractivity contribution is 0.477. The zero-order valence-electron chi connectivity index (χ0n) is 10.3. The van der Waals surface area contributed by atoms with Gasteiger partial charge in [-0.3, -0.25) is 0 Å².